The molecule has 0 spiro atoms. The van der Waals surface area contributed by atoms with E-state index in [9.17, 15) is 4.79 Å². The van der Waals surface area contributed by atoms with Crippen molar-refractivity contribution >= 4 is 18.3 Å². The van der Waals surface area contributed by atoms with Crippen molar-refractivity contribution in [3.8, 4) is 0 Å². The first-order valence-electron chi connectivity index (χ1n) is 8.75. The van der Waals surface area contributed by atoms with Crippen LogP contribution in [0.3, 0.4) is 0 Å². The van der Waals surface area contributed by atoms with E-state index in [4.69, 9.17) is 5.73 Å². The Bertz CT molecular complexity index is 534. The van der Waals surface area contributed by atoms with E-state index in [1.165, 1.54) is 11.1 Å². The second-order valence-corrected chi connectivity index (χ2v) is 6.99. The molecule has 0 bridgehead atoms. The third-order valence-corrected chi connectivity index (χ3v) is 5.66. The summed E-state index contributed by atoms with van der Waals surface area (Å²) < 4.78 is 0. The molecule has 1 amide bonds. The average molecular weight is 337 g/mol. The summed E-state index contributed by atoms with van der Waals surface area (Å²) in [5, 5.41) is 0. The number of hydrogen-bond donors (Lipinski definition) is 1. The van der Waals surface area contributed by atoms with Gasteiger partial charge in [-0.1, -0.05) is 30.7 Å². The number of carbonyl (C=O) groups is 1. The summed E-state index contributed by atoms with van der Waals surface area (Å²) >= 11 is 0. The number of hydrogen-bond acceptors (Lipinski definition) is 2. The van der Waals surface area contributed by atoms with Crippen molar-refractivity contribution in [3.05, 3.63) is 35.4 Å². The molecule has 1 saturated heterocycles. The van der Waals surface area contributed by atoms with Crippen molar-refractivity contribution < 1.29 is 4.79 Å². The normalized spacial score (nSPS) is 27.0. The van der Waals surface area contributed by atoms with Crippen LogP contribution in [-0.2, 0) is 11.2 Å². The standard InChI is InChI=1S/C19H28N2O.ClH/c1-14-6-2-3-7-15(14)12-17-9-5-11-21(17)19(22)18-10-4-8-16(18)13-20;/h2-3,6-7,16-18H,4-5,8-13,20H2,1H3;1H/t16-,17?,18-;/m1./s1. The van der Waals surface area contributed by atoms with Gasteiger partial charge in [0.1, 0.15) is 0 Å². The molecule has 1 heterocycles. The minimum Gasteiger partial charge on any atom is -0.339 e. The summed E-state index contributed by atoms with van der Waals surface area (Å²) in [6, 6.07) is 8.94. The van der Waals surface area contributed by atoms with Crippen molar-refractivity contribution in [1.29, 1.82) is 0 Å². The molecule has 2 aliphatic rings. The zero-order chi connectivity index (χ0) is 15.5. The molecule has 0 aromatic heterocycles. The second kappa shape index (κ2) is 8.16. The van der Waals surface area contributed by atoms with Crippen LogP contribution in [0.25, 0.3) is 0 Å². The lowest BCUT2D eigenvalue weighted by Gasteiger charge is -2.30. The maximum absolute atomic E-state index is 13.0. The molecular weight excluding hydrogens is 308 g/mol. The molecule has 3 nitrogen and oxygen atoms in total. The van der Waals surface area contributed by atoms with Crippen molar-refractivity contribution in [2.45, 2.75) is 51.5 Å². The van der Waals surface area contributed by atoms with Crippen LogP contribution in [0.1, 0.15) is 43.2 Å². The fourth-order valence-corrected chi connectivity index (χ4v) is 4.29. The lowest BCUT2D eigenvalue weighted by molar-refractivity contribution is -0.137. The van der Waals surface area contributed by atoms with Gasteiger partial charge in [0.15, 0.2) is 0 Å². The molecule has 2 fully saturated rings. The Morgan fingerprint density at radius 3 is 2.74 bits per heavy atom. The van der Waals surface area contributed by atoms with Gasteiger partial charge in [0.2, 0.25) is 5.91 Å². The highest BCUT2D eigenvalue weighted by molar-refractivity contribution is 5.85. The molecule has 23 heavy (non-hydrogen) atoms. The molecule has 1 saturated carbocycles. The van der Waals surface area contributed by atoms with E-state index >= 15 is 0 Å². The Balaban J connectivity index is 0.00000192. The highest BCUT2D eigenvalue weighted by Crippen LogP contribution is 2.34. The predicted molar refractivity (Wildman–Crippen MR) is 96.8 cm³/mol. The van der Waals surface area contributed by atoms with E-state index in [1.807, 2.05) is 0 Å². The Hall–Kier alpha value is -1.06. The largest absolute Gasteiger partial charge is 0.339 e. The van der Waals surface area contributed by atoms with Crippen LogP contribution in [0.5, 0.6) is 0 Å². The lowest BCUT2D eigenvalue weighted by Crippen LogP contribution is -2.42. The Labute approximate surface area is 146 Å². The van der Waals surface area contributed by atoms with Crippen LogP contribution >= 0.6 is 12.4 Å². The van der Waals surface area contributed by atoms with Crippen LogP contribution in [0.2, 0.25) is 0 Å². The fraction of sp³-hybridized carbons (Fsp3) is 0.632. The summed E-state index contributed by atoms with van der Waals surface area (Å²) in [6.07, 6.45) is 6.60. The van der Waals surface area contributed by atoms with E-state index in [0.29, 0.717) is 24.4 Å². The van der Waals surface area contributed by atoms with Gasteiger partial charge >= 0.3 is 0 Å². The fourth-order valence-electron chi connectivity index (χ4n) is 4.29. The number of amides is 1. The molecule has 3 rings (SSSR count). The summed E-state index contributed by atoms with van der Waals surface area (Å²) in [4.78, 5) is 15.1. The highest BCUT2D eigenvalue weighted by Gasteiger charge is 2.38. The minimum atomic E-state index is 0. The number of carbonyl (C=O) groups excluding carboxylic acids is 1. The number of aryl methyl sites for hydroxylation is 1. The van der Waals surface area contributed by atoms with E-state index in [0.717, 1.165) is 45.1 Å². The smallest absolute Gasteiger partial charge is 0.226 e. The van der Waals surface area contributed by atoms with Gasteiger partial charge in [-0.05, 0) is 62.6 Å². The number of rotatable bonds is 4. The van der Waals surface area contributed by atoms with E-state index in [2.05, 4.69) is 36.1 Å². The summed E-state index contributed by atoms with van der Waals surface area (Å²) in [5.41, 5.74) is 8.59. The van der Waals surface area contributed by atoms with Crippen LogP contribution in [0, 0.1) is 18.8 Å². The number of nitrogens with two attached hydrogens (primary N) is 1. The zero-order valence-corrected chi connectivity index (χ0v) is 14.9. The van der Waals surface area contributed by atoms with Crippen molar-refractivity contribution in [2.24, 2.45) is 17.6 Å². The van der Waals surface area contributed by atoms with Gasteiger partial charge in [-0.15, -0.1) is 12.4 Å². The van der Waals surface area contributed by atoms with Gasteiger partial charge < -0.3 is 10.6 Å². The highest BCUT2D eigenvalue weighted by atomic mass is 35.5. The lowest BCUT2D eigenvalue weighted by atomic mass is 9.93. The minimum absolute atomic E-state index is 0. The molecule has 1 aliphatic heterocycles. The van der Waals surface area contributed by atoms with E-state index < -0.39 is 0 Å². The average Bonchev–Trinajstić information content (AvgIpc) is 3.17. The molecule has 128 valence electrons. The van der Waals surface area contributed by atoms with Crippen LogP contribution < -0.4 is 5.73 Å². The third kappa shape index (κ3) is 3.89. The maximum Gasteiger partial charge on any atom is 0.226 e. The van der Waals surface area contributed by atoms with Crippen molar-refractivity contribution in [3.63, 3.8) is 0 Å². The monoisotopic (exact) mass is 336 g/mol. The number of likely N-dealkylation sites (tertiary alicyclic amines) is 1. The van der Waals surface area contributed by atoms with E-state index in [1.54, 1.807) is 0 Å². The maximum atomic E-state index is 13.0. The summed E-state index contributed by atoms with van der Waals surface area (Å²) in [6.45, 7) is 3.76. The van der Waals surface area contributed by atoms with Gasteiger partial charge in [-0.3, -0.25) is 4.79 Å². The predicted octanol–water partition coefficient (Wildman–Crippen LogP) is 3.33. The van der Waals surface area contributed by atoms with Gasteiger partial charge in [-0.2, -0.15) is 0 Å². The molecule has 1 aromatic rings. The SMILES string of the molecule is Cc1ccccc1CC1CCCN1C(=O)[C@@H]1CCC[C@@H]1CN.Cl. The van der Waals surface area contributed by atoms with Gasteiger partial charge in [-0.25, -0.2) is 0 Å². The Morgan fingerprint density at radius 1 is 1.22 bits per heavy atom. The number of nitrogens with zero attached hydrogens (tertiary/aromatic N) is 1. The molecule has 3 atom stereocenters. The summed E-state index contributed by atoms with van der Waals surface area (Å²) in [5.74, 6) is 0.971. The van der Waals surface area contributed by atoms with Crippen LogP contribution in [0.15, 0.2) is 24.3 Å². The van der Waals surface area contributed by atoms with E-state index in [-0.39, 0.29) is 18.3 Å². The number of halogens is 1. The quantitative estimate of drug-likeness (QED) is 0.916. The molecule has 1 aliphatic carbocycles. The molecule has 1 aromatic carbocycles. The first-order chi connectivity index (χ1) is 10.7. The second-order valence-electron chi connectivity index (χ2n) is 6.99. The molecule has 1 unspecified atom stereocenters. The molecule has 4 heteroatoms. The molecule has 0 radical (unpaired) electrons. The topological polar surface area (TPSA) is 46.3 Å². The van der Waals surface area contributed by atoms with Gasteiger partial charge in [0.25, 0.3) is 0 Å². The van der Waals surface area contributed by atoms with Gasteiger partial charge in [0.05, 0.1) is 0 Å². The number of benzene rings is 1. The van der Waals surface area contributed by atoms with Crippen LogP contribution in [-0.4, -0.2) is 29.9 Å². The first kappa shape index (κ1) is 18.3. The Morgan fingerprint density at radius 2 is 2.00 bits per heavy atom. The molecular formula is C19H29ClN2O. The van der Waals surface area contributed by atoms with Gasteiger partial charge in [0, 0.05) is 18.5 Å². The Kier molecular flexibility index (Phi) is 6.49. The third-order valence-electron chi connectivity index (χ3n) is 5.66. The zero-order valence-electron chi connectivity index (χ0n) is 14.0. The molecule has 2 N–H and O–H groups in total. The van der Waals surface area contributed by atoms with Crippen molar-refractivity contribution in [1.82, 2.24) is 4.90 Å². The summed E-state index contributed by atoms with van der Waals surface area (Å²) in [7, 11) is 0. The van der Waals surface area contributed by atoms with Crippen molar-refractivity contribution in [2.75, 3.05) is 13.1 Å². The van der Waals surface area contributed by atoms with Crippen LogP contribution in [0.4, 0.5) is 0 Å². The first-order valence-corrected chi connectivity index (χ1v) is 8.75.